The SMILES string of the molecule is CCCOc1ccc(C(=O)N2CCCN(Cc3ccc(C#N)cc3)CC2)cc1. The van der Waals surface area contributed by atoms with E-state index in [-0.39, 0.29) is 5.91 Å². The summed E-state index contributed by atoms with van der Waals surface area (Å²) in [5.41, 5.74) is 2.59. The van der Waals surface area contributed by atoms with Crippen LogP contribution in [0.3, 0.4) is 0 Å². The summed E-state index contributed by atoms with van der Waals surface area (Å²) in [5.74, 6) is 0.894. The van der Waals surface area contributed by atoms with Crippen LogP contribution in [0.4, 0.5) is 0 Å². The van der Waals surface area contributed by atoms with E-state index in [0.29, 0.717) is 17.7 Å². The Labute approximate surface area is 167 Å². The first-order valence-electron chi connectivity index (χ1n) is 9.93. The van der Waals surface area contributed by atoms with E-state index in [9.17, 15) is 4.79 Å². The number of rotatable bonds is 6. The molecule has 0 spiro atoms. The van der Waals surface area contributed by atoms with Gasteiger partial charge in [0.25, 0.3) is 5.91 Å². The smallest absolute Gasteiger partial charge is 0.253 e. The summed E-state index contributed by atoms with van der Waals surface area (Å²) >= 11 is 0. The van der Waals surface area contributed by atoms with Gasteiger partial charge in [0, 0.05) is 38.3 Å². The van der Waals surface area contributed by atoms with Crippen LogP contribution in [0.2, 0.25) is 0 Å². The first-order chi connectivity index (χ1) is 13.7. The number of nitrogens with zero attached hydrogens (tertiary/aromatic N) is 3. The molecule has 1 fully saturated rings. The van der Waals surface area contributed by atoms with Crippen molar-refractivity contribution in [3.05, 3.63) is 65.2 Å². The van der Waals surface area contributed by atoms with Gasteiger partial charge < -0.3 is 9.64 Å². The summed E-state index contributed by atoms with van der Waals surface area (Å²) in [7, 11) is 0. The second kappa shape index (κ2) is 9.91. The fourth-order valence-corrected chi connectivity index (χ4v) is 3.37. The van der Waals surface area contributed by atoms with Gasteiger partial charge in [0.15, 0.2) is 0 Å². The second-order valence-electron chi connectivity index (χ2n) is 7.10. The van der Waals surface area contributed by atoms with E-state index in [2.05, 4.69) is 17.9 Å². The van der Waals surface area contributed by atoms with Crippen LogP contribution >= 0.6 is 0 Å². The molecule has 5 heteroatoms. The maximum Gasteiger partial charge on any atom is 0.253 e. The Hall–Kier alpha value is -2.84. The third-order valence-electron chi connectivity index (χ3n) is 4.94. The van der Waals surface area contributed by atoms with Crippen molar-refractivity contribution in [2.75, 3.05) is 32.8 Å². The van der Waals surface area contributed by atoms with Gasteiger partial charge in [-0.05, 0) is 54.8 Å². The molecule has 2 aromatic carbocycles. The topological polar surface area (TPSA) is 56.6 Å². The molecule has 0 saturated carbocycles. The molecule has 146 valence electrons. The van der Waals surface area contributed by atoms with E-state index in [1.807, 2.05) is 53.4 Å². The molecule has 0 unspecified atom stereocenters. The second-order valence-corrected chi connectivity index (χ2v) is 7.10. The van der Waals surface area contributed by atoms with Crippen molar-refractivity contribution in [1.82, 2.24) is 9.80 Å². The maximum absolute atomic E-state index is 12.8. The van der Waals surface area contributed by atoms with Gasteiger partial charge >= 0.3 is 0 Å². The summed E-state index contributed by atoms with van der Waals surface area (Å²) in [5, 5.41) is 8.91. The van der Waals surface area contributed by atoms with E-state index in [1.165, 1.54) is 5.56 Å². The van der Waals surface area contributed by atoms with E-state index in [0.717, 1.165) is 51.3 Å². The number of hydrogen-bond donors (Lipinski definition) is 0. The molecule has 0 N–H and O–H groups in total. The van der Waals surface area contributed by atoms with Crippen molar-refractivity contribution in [1.29, 1.82) is 5.26 Å². The molecule has 28 heavy (non-hydrogen) atoms. The van der Waals surface area contributed by atoms with Crippen LogP contribution in [0.15, 0.2) is 48.5 Å². The normalized spacial score (nSPS) is 14.9. The zero-order valence-corrected chi connectivity index (χ0v) is 16.4. The molecule has 1 heterocycles. The van der Waals surface area contributed by atoms with E-state index in [4.69, 9.17) is 10.00 Å². The van der Waals surface area contributed by atoms with E-state index >= 15 is 0 Å². The molecule has 0 bridgehead atoms. The van der Waals surface area contributed by atoms with Gasteiger partial charge in [0.2, 0.25) is 0 Å². The minimum absolute atomic E-state index is 0.0854. The largest absolute Gasteiger partial charge is 0.494 e. The number of nitriles is 1. The van der Waals surface area contributed by atoms with Crippen molar-refractivity contribution in [2.45, 2.75) is 26.3 Å². The van der Waals surface area contributed by atoms with Crippen LogP contribution in [-0.2, 0) is 6.54 Å². The lowest BCUT2D eigenvalue weighted by Crippen LogP contribution is -2.35. The van der Waals surface area contributed by atoms with Crippen molar-refractivity contribution >= 4 is 5.91 Å². The zero-order chi connectivity index (χ0) is 19.8. The summed E-state index contributed by atoms with van der Waals surface area (Å²) in [6, 6.07) is 17.3. The molecule has 2 aromatic rings. The molecule has 0 atom stereocenters. The van der Waals surface area contributed by atoms with Gasteiger partial charge in [0.1, 0.15) is 5.75 Å². The molecule has 5 nitrogen and oxygen atoms in total. The molecule has 1 aliphatic heterocycles. The molecule has 0 aliphatic carbocycles. The Morgan fingerprint density at radius 3 is 2.46 bits per heavy atom. The summed E-state index contributed by atoms with van der Waals surface area (Å²) in [6.07, 6.45) is 1.92. The number of carbonyl (C=O) groups is 1. The number of carbonyl (C=O) groups excluding carboxylic acids is 1. The Kier molecular flexibility index (Phi) is 7.05. The lowest BCUT2D eigenvalue weighted by Gasteiger charge is -2.22. The first-order valence-corrected chi connectivity index (χ1v) is 9.93. The molecule has 3 rings (SSSR count). The van der Waals surface area contributed by atoms with Gasteiger partial charge in [-0.1, -0.05) is 19.1 Å². The highest BCUT2D eigenvalue weighted by atomic mass is 16.5. The first kappa shape index (κ1) is 19.9. The number of hydrogen-bond acceptors (Lipinski definition) is 4. The van der Waals surface area contributed by atoms with Crippen molar-refractivity contribution in [3.8, 4) is 11.8 Å². The van der Waals surface area contributed by atoms with Crippen LogP contribution < -0.4 is 4.74 Å². The number of ether oxygens (including phenoxy) is 1. The van der Waals surface area contributed by atoms with Crippen molar-refractivity contribution in [2.24, 2.45) is 0 Å². The molecule has 0 aromatic heterocycles. The van der Waals surface area contributed by atoms with Crippen LogP contribution in [-0.4, -0.2) is 48.5 Å². The van der Waals surface area contributed by atoms with Gasteiger partial charge in [-0.3, -0.25) is 9.69 Å². The summed E-state index contributed by atoms with van der Waals surface area (Å²) in [4.78, 5) is 17.2. The Morgan fingerprint density at radius 1 is 1.04 bits per heavy atom. The minimum atomic E-state index is 0.0854. The van der Waals surface area contributed by atoms with Crippen LogP contribution in [0.25, 0.3) is 0 Å². The molecule has 1 amide bonds. The minimum Gasteiger partial charge on any atom is -0.494 e. The van der Waals surface area contributed by atoms with Crippen LogP contribution in [0.5, 0.6) is 5.75 Å². The third-order valence-corrected chi connectivity index (χ3v) is 4.94. The molecular weight excluding hydrogens is 350 g/mol. The monoisotopic (exact) mass is 377 g/mol. The predicted molar refractivity (Wildman–Crippen MR) is 109 cm³/mol. The Balaban J connectivity index is 1.55. The highest BCUT2D eigenvalue weighted by Crippen LogP contribution is 2.16. The number of amides is 1. The molecular formula is C23H27N3O2. The molecule has 0 radical (unpaired) electrons. The zero-order valence-electron chi connectivity index (χ0n) is 16.4. The summed E-state index contributed by atoms with van der Waals surface area (Å²) < 4.78 is 5.59. The average Bonchev–Trinajstić information content (AvgIpc) is 2.98. The summed E-state index contributed by atoms with van der Waals surface area (Å²) in [6.45, 7) is 6.92. The maximum atomic E-state index is 12.8. The third kappa shape index (κ3) is 5.34. The fraction of sp³-hybridized carbons (Fsp3) is 0.391. The van der Waals surface area contributed by atoms with Crippen molar-refractivity contribution in [3.63, 3.8) is 0 Å². The fourth-order valence-electron chi connectivity index (χ4n) is 3.37. The number of benzene rings is 2. The van der Waals surface area contributed by atoms with Gasteiger partial charge in [0.05, 0.1) is 18.2 Å². The van der Waals surface area contributed by atoms with Crippen LogP contribution in [0, 0.1) is 11.3 Å². The average molecular weight is 377 g/mol. The standard InChI is InChI=1S/C23H27N3O2/c1-2-16-28-22-10-8-21(9-11-22)23(27)26-13-3-12-25(14-15-26)18-20-6-4-19(17-24)5-7-20/h4-11H,2-3,12-16,18H2,1H3. The van der Waals surface area contributed by atoms with Crippen molar-refractivity contribution < 1.29 is 9.53 Å². The highest BCUT2D eigenvalue weighted by molar-refractivity contribution is 5.94. The lowest BCUT2D eigenvalue weighted by atomic mass is 10.1. The van der Waals surface area contributed by atoms with E-state index in [1.54, 1.807) is 0 Å². The van der Waals surface area contributed by atoms with Gasteiger partial charge in [-0.25, -0.2) is 0 Å². The van der Waals surface area contributed by atoms with E-state index < -0.39 is 0 Å². The van der Waals surface area contributed by atoms with Gasteiger partial charge in [-0.15, -0.1) is 0 Å². The molecule has 1 saturated heterocycles. The highest BCUT2D eigenvalue weighted by Gasteiger charge is 2.20. The Bertz CT molecular complexity index is 809. The quantitative estimate of drug-likeness (QED) is 0.770. The molecule has 1 aliphatic rings. The lowest BCUT2D eigenvalue weighted by molar-refractivity contribution is 0.0761. The Morgan fingerprint density at radius 2 is 1.79 bits per heavy atom. The predicted octanol–water partition coefficient (Wildman–Crippen LogP) is 3.70. The van der Waals surface area contributed by atoms with Gasteiger partial charge in [-0.2, -0.15) is 5.26 Å². The van der Waals surface area contributed by atoms with Crippen LogP contribution in [0.1, 0.15) is 41.3 Å².